The maximum absolute atomic E-state index is 5.37. The molecule has 1 aromatic rings. The first kappa shape index (κ1) is 26.6. The van der Waals surface area contributed by atoms with Crippen LogP contribution in [0.2, 0.25) is 18.1 Å². The number of thiocarbonyl (C=S) groups is 2. The van der Waals surface area contributed by atoms with Crippen LogP contribution in [-0.4, -0.2) is 48.5 Å². The Kier molecular flexibility index (Phi) is 16.8. The highest BCUT2D eigenvalue weighted by atomic mass is 32.1. The molecule has 0 bridgehead atoms. The van der Waals surface area contributed by atoms with Crippen LogP contribution in [0.15, 0.2) is 37.2 Å². The molecule has 8 heteroatoms. The van der Waals surface area contributed by atoms with Crippen LogP contribution in [0.1, 0.15) is 40.0 Å². The van der Waals surface area contributed by atoms with Gasteiger partial charge >= 0.3 is 0 Å². The number of allylic oxidation sites excluding steroid dienone is 1. The minimum absolute atomic E-state index is 0.123. The molecule has 1 aliphatic heterocycles. The Morgan fingerprint density at radius 3 is 2.11 bits per heavy atom. The minimum atomic E-state index is -0.244. The Labute approximate surface area is 183 Å². The normalized spacial score (nSPS) is 13.1. The number of hydrogen-bond acceptors (Lipinski definition) is 4. The van der Waals surface area contributed by atoms with Gasteiger partial charge in [-0.2, -0.15) is 4.73 Å². The lowest BCUT2D eigenvalue weighted by atomic mass is 10.3. The molecule has 2 N–H and O–H groups in total. The highest BCUT2D eigenvalue weighted by Gasteiger charge is 2.12. The second kappa shape index (κ2) is 17.7. The molecular formula is C20H37N3O2S2Si. The van der Waals surface area contributed by atoms with E-state index >= 15 is 0 Å². The van der Waals surface area contributed by atoms with Crippen LogP contribution in [-0.2, 0) is 4.74 Å². The molecule has 0 saturated carbocycles. The lowest BCUT2D eigenvalue weighted by molar-refractivity contribution is 0.220. The number of rotatable bonds is 6. The molecule has 2 heterocycles. The zero-order valence-electron chi connectivity index (χ0n) is 17.6. The van der Waals surface area contributed by atoms with Crippen molar-refractivity contribution in [3.63, 3.8) is 0 Å². The van der Waals surface area contributed by atoms with Crippen LogP contribution in [0.25, 0.3) is 0 Å². The summed E-state index contributed by atoms with van der Waals surface area (Å²) in [4.78, 5) is 7.35. The molecule has 0 amide bonds. The van der Waals surface area contributed by atoms with Crippen LogP contribution in [0, 0.1) is 0 Å². The van der Waals surface area contributed by atoms with Crippen molar-refractivity contribution >= 4 is 43.6 Å². The van der Waals surface area contributed by atoms with E-state index in [1.54, 1.807) is 16.8 Å². The third-order valence-electron chi connectivity index (χ3n) is 4.29. The van der Waals surface area contributed by atoms with Gasteiger partial charge < -0.3 is 20.2 Å². The van der Waals surface area contributed by atoms with Crippen molar-refractivity contribution in [2.45, 2.75) is 58.2 Å². The van der Waals surface area contributed by atoms with Gasteiger partial charge in [-0.3, -0.25) is 0 Å². The largest absolute Gasteiger partial charge is 0.472 e. The van der Waals surface area contributed by atoms with Crippen molar-refractivity contribution in [1.29, 1.82) is 0 Å². The van der Waals surface area contributed by atoms with E-state index in [4.69, 9.17) is 22.8 Å². The van der Waals surface area contributed by atoms with E-state index in [2.05, 4.69) is 43.5 Å². The summed E-state index contributed by atoms with van der Waals surface area (Å²) in [7, 11) is -0.244. The fourth-order valence-electron chi connectivity index (χ4n) is 2.81. The molecule has 1 aromatic heterocycles. The van der Waals surface area contributed by atoms with E-state index in [1.807, 2.05) is 36.4 Å². The molecule has 2 rings (SSSR count). The highest BCUT2D eigenvalue weighted by molar-refractivity contribution is 7.80. The third kappa shape index (κ3) is 13.7. The van der Waals surface area contributed by atoms with E-state index in [-0.39, 0.29) is 14.0 Å². The number of nitrogens with two attached hydrogens (primary N) is 1. The smallest absolute Gasteiger partial charge is 0.289 e. The summed E-state index contributed by atoms with van der Waals surface area (Å²) >= 11 is 9.45. The number of aromatic nitrogens is 1. The van der Waals surface area contributed by atoms with E-state index in [9.17, 15) is 0 Å². The van der Waals surface area contributed by atoms with Crippen molar-refractivity contribution < 1.29 is 9.57 Å². The first-order valence-electron chi connectivity index (χ1n) is 10.1. The van der Waals surface area contributed by atoms with E-state index in [0.717, 1.165) is 13.1 Å². The molecule has 0 aliphatic carbocycles. The molecule has 5 nitrogen and oxygen atoms in total. The van der Waals surface area contributed by atoms with E-state index in [1.165, 1.54) is 25.3 Å². The molecule has 28 heavy (non-hydrogen) atoms. The molecular weight excluding hydrogens is 406 g/mol. The summed E-state index contributed by atoms with van der Waals surface area (Å²) in [6.45, 7) is 12.0. The predicted molar refractivity (Wildman–Crippen MR) is 131 cm³/mol. The Morgan fingerprint density at radius 1 is 1.14 bits per heavy atom. The minimum Gasteiger partial charge on any atom is -0.472 e. The summed E-state index contributed by atoms with van der Waals surface area (Å²) in [5, 5.41) is 0.638. The Bertz CT molecular complexity index is 532. The molecule has 0 atom stereocenters. The first-order chi connectivity index (χ1) is 13.5. The number of ether oxygens (including phenoxy) is 1. The number of nitrogens with zero attached hydrogens (tertiary/aromatic N) is 2. The Morgan fingerprint density at radius 2 is 1.71 bits per heavy atom. The van der Waals surface area contributed by atoms with Crippen LogP contribution in [0.5, 0.6) is 0 Å². The van der Waals surface area contributed by atoms with Gasteiger partial charge in [0.1, 0.15) is 0 Å². The summed E-state index contributed by atoms with van der Waals surface area (Å²) < 4.78 is 6.15. The van der Waals surface area contributed by atoms with Crippen molar-refractivity contribution in [2.75, 3.05) is 19.7 Å². The van der Waals surface area contributed by atoms with Crippen LogP contribution in [0.4, 0.5) is 0 Å². The summed E-state index contributed by atoms with van der Waals surface area (Å²) in [6, 6.07) is 8.35. The van der Waals surface area contributed by atoms with Gasteiger partial charge in [0.05, 0.1) is 6.61 Å². The van der Waals surface area contributed by atoms with Gasteiger partial charge in [0.15, 0.2) is 0 Å². The zero-order valence-corrected chi connectivity index (χ0v) is 20.4. The summed E-state index contributed by atoms with van der Waals surface area (Å²) in [5.74, 6) is 0. The lowest BCUT2D eigenvalue weighted by Crippen LogP contribution is -2.36. The maximum Gasteiger partial charge on any atom is 0.289 e. The highest BCUT2D eigenvalue weighted by Crippen LogP contribution is 2.21. The van der Waals surface area contributed by atoms with Crippen molar-refractivity contribution in [1.82, 2.24) is 9.63 Å². The van der Waals surface area contributed by atoms with Crippen molar-refractivity contribution in [3.05, 3.63) is 37.2 Å². The molecule has 0 spiro atoms. The van der Waals surface area contributed by atoms with Gasteiger partial charge in [0.2, 0.25) is 0 Å². The quantitative estimate of drug-likeness (QED) is 0.400. The van der Waals surface area contributed by atoms with Gasteiger partial charge in [0, 0.05) is 34.3 Å². The Hall–Kier alpha value is -1.38. The molecule has 0 unspecified atom stereocenters. The lowest BCUT2D eigenvalue weighted by Gasteiger charge is -2.20. The zero-order chi connectivity index (χ0) is 21.2. The van der Waals surface area contributed by atoms with Gasteiger partial charge in [0.25, 0.3) is 10.3 Å². The topological polar surface area (TPSA) is 52.6 Å². The standard InChI is InChI=1S/C9H14N2OS.C8H16Si.C3H7NOS/c1-3-10(4-2)9(13)12-11-7-5-6-8-11;1-2-6-9-7-4-3-5-8-9;1-2-5-3(4)6/h5-8H,3-4H2,1-2H3;2,9H,1,3-8H2;2H2,1H3,(H2,4,6). The van der Waals surface area contributed by atoms with E-state index < -0.39 is 0 Å². The summed E-state index contributed by atoms with van der Waals surface area (Å²) in [5.41, 5.74) is 4.91. The average molecular weight is 444 g/mol. The fourth-order valence-corrected chi connectivity index (χ4v) is 6.24. The van der Waals surface area contributed by atoms with Crippen molar-refractivity contribution in [3.8, 4) is 0 Å². The first-order valence-corrected chi connectivity index (χ1v) is 13.4. The van der Waals surface area contributed by atoms with Gasteiger partial charge in [-0.15, -0.1) is 6.58 Å². The van der Waals surface area contributed by atoms with Gasteiger partial charge in [-0.1, -0.05) is 37.4 Å². The van der Waals surface area contributed by atoms with Gasteiger partial charge in [-0.25, -0.2) is 0 Å². The molecule has 1 fully saturated rings. The maximum atomic E-state index is 5.37. The second-order valence-corrected chi connectivity index (χ2v) is 10.5. The third-order valence-corrected chi connectivity index (χ3v) is 8.19. The van der Waals surface area contributed by atoms with E-state index in [0.29, 0.717) is 11.8 Å². The van der Waals surface area contributed by atoms with Crippen molar-refractivity contribution in [2.24, 2.45) is 5.73 Å². The van der Waals surface area contributed by atoms with Crippen LogP contribution < -0.4 is 10.6 Å². The fraction of sp³-hybridized carbons (Fsp3) is 0.600. The summed E-state index contributed by atoms with van der Waals surface area (Å²) in [6.07, 6.45) is 10.3. The molecule has 0 aromatic carbocycles. The molecule has 1 aliphatic rings. The molecule has 1 saturated heterocycles. The monoisotopic (exact) mass is 443 g/mol. The van der Waals surface area contributed by atoms with Crippen LogP contribution in [0.3, 0.4) is 0 Å². The molecule has 0 radical (unpaired) electrons. The van der Waals surface area contributed by atoms with Gasteiger partial charge in [-0.05, 0) is 63.4 Å². The van der Waals surface area contributed by atoms with Crippen LogP contribution >= 0.6 is 24.4 Å². The Balaban J connectivity index is 0.000000423. The number of hydrogen-bond donors (Lipinski definition) is 1. The second-order valence-electron chi connectivity index (χ2n) is 6.35. The SMILES string of the molecule is C=CC[SiH]1CCCCC1.CCN(CC)C(=S)On1cccc1.CCOC(N)=S. The molecule has 160 valence electrons. The predicted octanol–water partition coefficient (Wildman–Crippen LogP) is 4.39. The average Bonchev–Trinajstić information content (AvgIpc) is 3.18.